The molecular weight excluding hydrogens is 607 g/mol. The number of Topliss-reactive ketones (excluding diaryl/α,β-unsaturated/α-hetero) is 1. The second-order valence-corrected chi connectivity index (χ2v) is 12.3. The molecule has 43 heavy (non-hydrogen) atoms. The van der Waals surface area contributed by atoms with E-state index in [1.54, 1.807) is 24.3 Å². The predicted octanol–water partition coefficient (Wildman–Crippen LogP) is 7.17. The highest BCUT2D eigenvalue weighted by atomic mass is 35.5. The summed E-state index contributed by atoms with van der Waals surface area (Å²) in [4.78, 5) is 57.0. The molecule has 0 aromatic heterocycles. The molecule has 3 aliphatic carbocycles. The van der Waals surface area contributed by atoms with Gasteiger partial charge < -0.3 is 0 Å². The van der Waals surface area contributed by atoms with Crippen molar-refractivity contribution >= 4 is 58.3 Å². The molecule has 1 aliphatic heterocycles. The molecule has 2 bridgehead atoms. The largest absolute Gasteiger partial charge is 0.292 e. The first kappa shape index (κ1) is 27.8. The number of rotatable bonds is 5. The summed E-state index contributed by atoms with van der Waals surface area (Å²) < 4.78 is 0. The molecule has 4 aromatic carbocycles. The molecule has 4 aromatic rings. The van der Waals surface area contributed by atoms with Crippen LogP contribution in [0.5, 0.6) is 0 Å². The maximum Gasteiger partial charge on any atom is 0.273 e. The Hall–Kier alpha value is -3.97. The van der Waals surface area contributed by atoms with Crippen molar-refractivity contribution in [3.63, 3.8) is 0 Å². The van der Waals surface area contributed by atoms with Crippen molar-refractivity contribution in [1.82, 2.24) is 10.0 Å². The van der Waals surface area contributed by atoms with Crippen molar-refractivity contribution in [3.05, 3.63) is 139 Å². The Morgan fingerprint density at radius 1 is 0.674 bits per heavy atom. The fraction of sp³-hybridized carbons (Fsp3) is 0.176. The molecule has 0 radical (unpaired) electrons. The van der Waals surface area contributed by atoms with Gasteiger partial charge in [-0.1, -0.05) is 83.3 Å². The summed E-state index contributed by atoms with van der Waals surface area (Å²) in [6, 6.07) is 25.0. The first-order valence-electron chi connectivity index (χ1n) is 13.8. The molecule has 1 saturated heterocycles. The summed E-state index contributed by atoms with van der Waals surface area (Å²) in [7, 11) is 0. The van der Waals surface area contributed by atoms with E-state index < -0.39 is 41.4 Å². The Bertz CT molecular complexity index is 1740. The van der Waals surface area contributed by atoms with Gasteiger partial charge in [-0.05, 0) is 71.6 Å². The highest BCUT2D eigenvalue weighted by molar-refractivity contribution is 6.42. The molecule has 0 unspecified atom stereocenters. The van der Waals surface area contributed by atoms with E-state index in [0.29, 0.717) is 5.02 Å². The highest BCUT2D eigenvalue weighted by Crippen LogP contribution is 2.61. The van der Waals surface area contributed by atoms with Gasteiger partial charge in [0.15, 0.2) is 5.78 Å². The van der Waals surface area contributed by atoms with E-state index in [0.717, 1.165) is 32.3 Å². The molecule has 9 heteroatoms. The summed E-state index contributed by atoms with van der Waals surface area (Å²) >= 11 is 18.4. The zero-order chi connectivity index (χ0) is 30.2. The molecule has 0 N–H and O–H groups in total. The second-order valence-electron chi connectivity index (χ2n) is 11.1. The molecule has 0 spiro atoms. The Balaban J connectivity index is 1.36. The van der Waals surface area contributed by atoms with Crippen LogP contribution in [0.2, 0.25) is 15.1 Å². The van der Waals surface area contributed by atoms with Crippen molar-refractivity contribution in [2.75, 3.05) is 0 Å². The normalized spacial score (nSPS) is 22.1. The Morgan fingerprint density at radius 2 is 1.14 bits per heavy atom. The van der Waals surface area contributed by atoms with Crippen molar-refractivity contribution in [1.29, 1.82) is 0 Å². The van der Waals surface area contributed by atoms with Gasteiger partial charge in [0.1, 0.15) is 6.04 Å². The van der Waals surface area contributed by atoms with Crippen LogP contribution in [0.1, 0.15) is 61.7 Å². The summed E-state index contributed by atoms with van der Waals surface area (Å²) in [6.45, 7) is 1.51. The molecule has 4 aliphatic rings. The van der Waals surface area contributed by atoms with Gasteiger partial charge in [-0.2, -0.15) is 5.01 Å². The lowest BCUT2D eigenvalue weighted by molar-refractivity contribution is -0.156. The third-order valence-electron chi connectivity index (χ3n) is 8.89. The number of amides is 3. The van der Waals surface area contributed by atoms with E-state index in [4.69, 9.17) is 34.8 Å². The van der Waals surface area contributed by atoms with Crippen molar-refractivity contribution < 1.29 is 19.2 Å². The lowest BCUT2D eigenvalue weighted by Gasteiger charge is -2.45. The number of hydrogen-bond donors (Lipinski definition) is 0. The van der Waals surface area contributed by atoms with Crippen LogP contribution in [0.25, 0.3) is 0 Å². The molecule has 3 atom stereocenters. The molecule has 214 valence electrons. The van der Waals surface area contributed by atoms with Crippen LogP contribution in [0.3, 0.4) is 0 Å². The molecular formula is C34H23Cl3N2O4. The molecule has 3 amide bonds. The average Bonchev–Trinajstić information content (AvgIpc) is 3.28. The van der Waals surface area contributed by atoms with Crippen molar-refractivity contribution in [2.45, 2.75) is 24.8 Å². The number of hydrogen-bond acceptors (Lipinski definition) is 4. The third kappa shape index (κ3) is 4.15. The number of ketones is 1. The third-order valence-corrected chi connectivity index (χ3v) is 9.88. The van der Waals surface area contributed by atoms with Crippen LogP contribution in [0, 0.1) is 11.8 Å². The lowest BCUT2D eigenvalue weighted by atomic mass is 9.55. The van der Waals surface area contributed by atoms with Crippen molar-refractivity contribution in [2.24, 2.45) is 11.8 Å². The number of hydrazine groups is 1. The van der Waals surface area contributed by atoms with Crippen LogP contribution in [0.15, 0.2) is 91.0 Å². The van der Waals surface area contributed by atoms with E-state index in [1.807, 2.05) is 48.5 Å². The van der Waals surface area contributed by atoms with Crippen LogP contribution >= 0.6 is 34.8 Å². The quantitative estimate of drug-likeness (QED) is 0.173. The first-order valence-corrected chi connectivity index (χ1v) is 15.0. The van der Waals surface area contributed by atoms with Crippen LogP contribution in [-0.4, -0.2) is 39.6 Å². The zero-order valence-electron chi connectivity index (χ0n) is 22.7. The number of halogens is 3. The number of imide groups is 1. The van der Waals surface area contributed by atoms with E-state index in [-0.39, 0.29) is 33.0 Å². The smallest absolute Gasteiger partial charge is 0.273 e. The monoisotopic (exact) mass is 628 g/mol. The fourth-order valence-electron chi connectivity index (χ4n) is 7.04. The van der Waals surface area contributed by atoms with Crippen LogP contribution in [-0.2, 0) is 9.59 Å². The maximum atomic E-state index is 14.5. The molecule has 6 nitrogen and oxygen atoms in total. The summed E-state index contributed by atoms with van der Waals surface area (Å²) in [6.07, 6.45) is 0. The minimum atomic E-state index is -1.22. The maximum absolute atomic E-state index is 14.5. The Morgan fingerprint density at radius 3 is 1.60 bits per heavy atom. The summed E-state index contributed by atoms with van der Waals surface area (Å²) in [5, 5.41) is 2.71. The van der Waals surface area contributed by atoms with Gasteiger partial charge in [0, 0.05) is 28.0 Å². The molecule has 0 saturated carbocycles. The Labute approximate surface area is 262 Å². The van der Waals surface area contributed by atoms with E-state index >= 15 is 0 Å². The van der Waals surface area contributed by atoms with Crippen molar-refractivity contribution in [3.8, 4) is 0 Å². The second kappa shape index (κ2) is 10.3. The van der Waals surface area contributed by atoms with E-state index in [2.05, 4.69) is 0 Å². The lowest BCUT2D eigenvalue weighted by Crippen LogP contribution is -2.56. The first-order chi connectivity index (χ1) is 20.7. The minimum Gasteiger partial charge on any atom is -0.292 e. The van der Waals surface area contributed by atoms with Gasteiger partial charge in [-0.3, -0.25) is 19.2 Å². The van der Waals surface area contributed by atoms with E-state index in [1.165, 1.54) is 25.1 Å². The number of carbonyl (C=O) groups is 4. The predicted molar refractivity (Wildman–Crippen MR) is 163 cm³/mol. The van der Waals surface area contributed by atoms with Gasteiger partial charge in [0.25, 0.3) is 17.7 Å². The standard InChI is InChI=1S/C34H23Cl3N2O4/c1-17(31(40)18-10-13-20(35)14-11-18)38(32(41)19-12-15-25(36)26(37)16-19)39-33(42)29-27-21-6-2-3-7-22(21)28(30(29)34(39)43)24-9-5-4-8-23(24)27/h2-17,27-30H,1H3/t17-,27?,28?,29-,30+/m0/s1. The average molecular weight is 630 g/mol. The number of benzene rings is 4. The zero-order valence-corrected chi connectivity index (χ0v) is 25.0. The van der Waals surface area contributed by atoms with Gasteiger partial charge >= 0.3 is 0 Å². The molecule has 8 rings (SSSR count). The van der Waals surface area contributed by atoms with Crippen LogP contribution < -0.4 is 0 Å². The summed E-state index contributed by atoms with van der Waals surface area (Å²) in [5.41, 5.74) is 4.37. The minimum absolute atomic E-state index is 0.0789. The summed E-state index contributed by atoms with van der Waals surface area (Å²) in [5.74, 6) is -4.42. The van der Waals surface area contributed by atoms with E-state index in [9.17, 15) is 19.2 Å². The Kier molecular flexibility index (Phi) is 6.69. The molecule has 1 heterocycles. The fourth-order valence-corrected chi connectivity index (χ4v) is 7.47. The van der Waals surface area contributed by atoms with Crippen LogP contribution in [0.4, 0.5) is 0 Å². The number of carbonyl (C=O) groups excluding carboxylic acids is 4. The number of nitrogens with zero attached hydrogens (tertiary/aromatic N) is 2. The van der Waals surface area contributed by atoms with Gasteiger partial charge in [0.2, 0.25) is 0 Å². The van der Waals surface area contributed by atoms with Gasteiger partial charge in [-0.15, -0.1) is 0 Å². The SMILES string of the molecule is C[C@@H](C(=O)c1ccc(Cl)cc1)N(C(=O)c1ccc(Cl)c(Cl)c1)N1C(=O)[C@@H]2C3c4ccccc4C(c4ccccc43)[C@@H]2C1=O. The highest BCUT2D eigenvalue weighted by Gasteiger charge is 2.63. The van der Waals surface area contributed by atoms with Gasteiger partial charge in [0.05, 0.1) is 21.9 Å². The van der Waals surface area contributed by atoms with Gasteiger partial charge in [-0.25, -0.2) is 5.01 Å². The molecule has 1 fully saturated rings. The topological polar surface area (TPSA) is 74.8 Å².